The molecule has 9 nitrogen and oxygen atoms in total. The van der Waals surface area contributed by atoms with Gasteiger partial charge in [0.25, 0.3) is 5.91 Å². The summed E-state index contributed by atoms with van der Waals surface area (Å²) in [5.74, 6) is -1.11. The molecule has 0 spiro atoms. The van der Waals surface area contributed by atoms with Crippen molar-refractivity contribution in [1.82, 2.24) is 4.31 Å². The van der Waals surface area contributed by atoms with Crippen molar-refractivity contribution in [2.75, 3.05) is 51.4 Å². The number of ether oxygens (including phenoxy) is 3. The second kappa shape index (κ2) is 9.46. The van der Waals surface area contributed by atoms with Crippen LogP contribution in [-0.4, -0.2) is 70.7 Å². The summed E-state index contributed by atoms with van der Waals surface area (Å²) in [4.78, 5) is 24.0. The monoisotopic (exact) mass is 412 g/mol. The van der Waals surface area contributed by atoms with Gasteiger partial charge in [-0.15, -0.1) is 0 Å². The molecule has 0 aliphatic carbocycles. The molecule has 28 heavy (non-hydrogen) atoms. The molecule has 2 saturated heterocycles. The average Bonchev–Trinajstić information content (AvgIpc) is 2.73. The number of anilines is 1. The van der Waals surface area contributed by atoms with Gasteiger partial charge in [0.15, 0.2) is 6.61 Å². The Kier molecular flexibility index (Phi) is 7.00. The number of rotatable bonds is 6. The summed E-state index contributed by atoms with van der Waals surface area (Å²) < 4.78 is 41.9. The Balaban J connectivity index is 1.50. The molecule has 10 heteroatoms. The van der Waals surface area contributed by atoms with E-state index in [1.54, 1.807) is 0 Å². The largest absolute Gasteiger partial charge is 0.455 e. The van der Waals surface area contributed by atoms with Gasteiger partial charge in [0.05, 0.1) is 24.0 Å². The van der Waals surface area contributed by atoms with Crippen LogP contribution in [0.1, 0.15) is 12.8 Å². The normalized spacial score (nSPS) is 19.1. The summed E-state index contributed by atoms with van der Waals surface area (Å²) in [5.41, 5.74) is 0.424. The van der Waals surface area contributed by atoms with Crippen LogP contribution in [-0.2, 0) is 33.8 Å². The minimum absolute atomic E-state index is 0.151. The number of sulfonamides is 1. The summed E-state index contributed by atoms with van der Waals surface area (Å²) in [6.07, 6.45) is 1.19. The fourth-order valence-electron chi connectivity index (χ4n) is 3.03. The lowest BCUT2D eigenvalue weighted by Gasteiger charge is -2.26. The summed E-state index contributed by atoms with van der Waals surface area (Å²) in [7, 11) is -3.58. The Labute approximate surface area is 164 Å². The number of carbonyl (C=O) groups excluding carboxylic acids is 2. The van der Waals surface area contributed by atoms with E-state index in [0.29, 0.717) is 58.0 Å². The standard InChI is InChI=1S/C18H24N2O7S/c21-17(13-27-18(22)14-5-9-25-10-6-14)19-15-1-3-16(4-2-15)28(23,24)20-7-11-26-12-8-20/h1-4,14H,5-13H2,(H,19,21). The molecule has 0 bridgehead atoms. The molecule has 2 aliphatic heterocycles. The fourth-order valence-corrected chi connectivity index (χ4v) is 4.44. The van der Waals surface area contributed by atoms with E-state index in [1.807, 2.05) is 0 Å². The van der Waals surface area contributed by atoms with E-state index in [2.05, 4.69) is 5.32 Å². The molecule has 0 saturated carbocycles. The van der Waals surface area contributed by atoms with Gasteiger partial charge in [-0.1, -0.05) is 0 Å². The van der Waals surface area contributed by atoms with Crippen LogP contribution in [0.25, 0.3) is 0 Å². The maximum absolute atomic E-state index is 12.6. The van der Waals surface area contributed by atoms with Crippen molar-refractivity contribution in [3.05, 3.63) is 24.3 Å². The van der Waals surface area contributed by atoms with Crippen molar-refractivity contribution in [3.8, 4) is 0 Å². The van der Waals surface area contributed by atoms with E-state index in [-0.39, 0.29) is 17.4 Å². The van der Waals surface area contributed by atoms with Crippen LogP contribution in [0.2, 0.25) is 0 Å². The van der Waals surface area contributed by atoms with Gasteiger partial charge < -0.3 is 19.5 Å². The first-order valence-corrected chi connectivity index (χ1v) is 10.6. The maximum Gasteiger partial charge on any atom is 0.309 e. The molecule has 1 aromatic carbocycles. The summed E-state index contributed by atoms with van der Waals surface area (Å²) in [6.45, 7) is 2.04. The lowest BCUT2D eigenvalue weighted by Crippen LogP contribution is -2.40. The Hall–Kier alpha value is -2.01. The van der Waals surface area contributed by atoms with E-state index in [4.69, 9.17) is 14.2 Å². The van der Waals surface area contributed by atoms with Crippen LogP contribution < -0.4 is 5.32 Å². The Morgan fingerprint density at radius 3 is 2.29 bits per heavy atom. The topological polar surface area (TPSA) is 111 Å². The summed E-state index contributed by atoms with van der Waals surface area (Å²) in [6, 6.07) is 5.89. The third kappa shape index (κ3) is 5.28. The minimum atomic E-state index is -3.58. The minimum Gasteiger partial charge on any atom is -0.455 e. The molecule has 2 aliphatic rings. The third-order valence-electron chi connectivity index (χ3n) is 4.65. The smallest absolute Gasteiger partial charge is 0.309 e. The molecule has 1 amide bonds. The highest BCUT2D eigenvalue weighted by molar-refractivity contribution is 7.89. The van der Waals surface area contributed by atoms with Gasteiger partial charge in [-0.3, -0.25) is 9.59 Å². The number of morpholine rings is 1. The molecule has 0 aromatic heterocycles. The number of hydrogen-bond acceptors (Lipinski definition) is 7. The van der Waals surface area contributed by atoms with Crippen LogP contribution in [0.3, 0.4) is 0 Å². The van der Waals surface area contributed by atoms with Crippen molar-refractivity contribution in [1.29, 1.82) is 0 Å². The van der Waals surface area contributed by atoms with Gasteiger partial charge in [-0.25, -0.2) is 8.42 Å². The third-order valence-corrected chi connectivity index (χ3v) is 6.56. The first-order chi connectivity index (χ1) is 13.5. The molecule has 2 fully saturated rings. The Morgan fingerprint density at radius 1 is 1.04 bits per heavy atom. The number of nitrogens with zero attached hydrogens (tertiary/aromatic N) is 1. The van der Waals surface area contributed by atoms with Crippen LogP contribution in [0.4, 0.5) is 5.69 Å². The molecule has 0 unspecified atom stereocenters. The fraction of sp³-hybridized carbons (Fsp3) is 0.556. The van der Waals surface area contributed by atoms with Gasteiger partial charge in [0.2, 0.25) is 10.0 Å². The van der Waals surface area contributed by atoms with Gasteiger partial charge in [-0.2, -0.15) is 4.31 Å². The first kappa shape index (κ1) is 20.7. The number of esters is 1. The first-order valence-electron chi connectivity index (χ1n) is 9.19. The van der Waals surface area contributed by atoms with Crippen molar-refractivity contribution in [2.45, 2.75) is 17.7 Å². The van der Waals surface area contributed by atoms with E-state index in [0.717, 1.165) is 0 Å². The Morgan fingerprint density at radius 2 is 1.64 bits per heavy atom. The highest BCUT2D eigenvalue weighted by Gasteiger charge is 2.26. The van der Waals surface area contributed by atoms with Crippen LogP contribution in [0, 0.1) is 5.92 Å². The molecular weight excluding hydrogens is 388 g/mol. The van der Waals surface area contributed by atoms with Crippen LogP contribution in [0.5, 0.6) is 0 Å². The second-order valence-corrected chi connectivity index (χ2v) is 8.52. The lowest BCUT2D eigenvalue weighted by molar-refractivity contribution is -0.154. The SMILES string of the molecule is O=C(COC(=O)C1CCOCC1)Nc1ccc(S(=O)(=O)N2CCOCC2)cc1. The van der Waals surface area contributed by atoms with E-state index >= 15 is 0 Å². The van der Waals surface area contributed by atoms with Crippen molar-refractivity contribution in [2.24, 2.45) is 5.92 Å². The van der Waals surface area contributed by atoms with Crippen LogP contribution >= 0.6 is 0 Å². The molecule has 2 heterocycles. The number of hydrogen-bond donors (Lipinski definition) is 1. The highest BCUT2D eigenvalue weighted by atomic mass is 32.2. The molecular formula is C18H24N2O7S. The van der Waals surface area contributed by atoms with Gasteiger partial charge in [-0.05, 0) is 37.1 Å². The molecule has 0 atom stereocenters. The van der Waals surface area contributed by atoms with Crippen LogP contribution in [0.15, 0.2) is 29.2 Å². The van der Waals surface area contributed by atoms with E-state index in [1.165, 1.54) is 28.6 Å². The van der Waals surface area contributed by atoms with Crippen molar-refractivity contribution in [3.63, 3.8) is 0 Å². The Bertz CT molecular complexity index is 783. The summed E-state index contributed by atoms with van der Waals surface area (Å²) in [5, 5.41) is 2.59. The molecule has 0 radical (unpaired) electrons. The lowest BCUT2D eigenvalue weighted by atomic mass is 10.0. The van der Waals surface area contributed by atoms with Gasteiger partial charge >= 0.3 is 5.97 Å². The highest BCUT2D eigenvalue weighted by Crippen LogP contribution is 2.20. The average molecular weight is 412 g/mol. The zero-order chi connectivity index (χ0) is 20.0. The molecule has 1 N–H and O–H groups in total. The zero-order valence-corrected chi connectivity index (χ0v) is 16.3. The second-order valence-electron chi connectivity index (χ2n) is 6.58. The zero-order valence-electron chi connectivity index (χ0n) is 15.5. The molecule has 1 aromatic rings. The van der Waals surface area contributed by atoms with Crippen molar-refractivity contribution < 1.29 is 32.2 Å². The predicted molar refractivity (Wildman–Crippen MR) is 99.2 cm³/mol. The number of nitrogens with one attached hydrogen (secondary N) is 1. The maximum atomic E-state index is 12.6. The molecule has 154 valence electrons. The van der Waals surface area contributed by atoms with E-state index < -0.39 is 21.9 Å². The van der Waals surface area contributed by atoms with Crippen molar-refractivity contribution >= 4 is 27.6 Å². The van der Waals surface area contributed by atoms with Gasteiger partial charge in [0, 0.05) is 32.0 Å². The molecule has 3 rings (SSSR count). The summed E-state index contributed by atoms with van der Waals surface area (Å²) >= 11 is 0. The number of carbonyl (C=O) groups is 2. The number of benzene rings is 1. The quantitative estimate of drug-likeness (QED) is 0.682. The van der Waals surface area contributed by atoms with Gasteiger partial charge in [0.1, 0.15) is 0 Å². The predicted octanol–water partition coefficient (Wildman–Crippen LogP) is 0.616. The number of amides is 1. The van der Waals surface area contributed by atoms with E-state index in [9.17, 15) is 18.0 Å².